The fraction of sp³-hybridized carbons (Fsp3) is 0.0233. The van der Waals surface area contributed by atoms with E-state index in [2.05, 4.69) is 192 Å². The normalized spacial score (nSPS) is 11.2. The number of para-hydroxylation sites is 3. The van der Waals surface area contributed by atoms with E-state index in [1.54, 1.807) is 0 Å². The molecule has 0 aliphatic heterocycles. The minimum atomic E-state index is 1.12. The molecule has 0 aliphatic carbocycles. The summed E-state index contributed by atoms with van der Waals surface area (Å²) in [5.74, 6) is 0. The van der Waals surface area contributed by atoms with Crippen LogP contribution < -0.4 is 4.90 Å². The van der Waals surface area contributed by atoms with Crippen molar-refractivity contribution >= 4 is 38.9 Å². The summed E-state index contributed by atoms with van der Waals surface area (Å²) < 4.78 is 2.38. The van der Waals surface area contributed by atoms with Crippen LogP contribution >= 0.6 is 0 Å². The standard InChI is InChI=1S/C43H32N2/c1-31-20-25-37(26-21-31)45-42-19-11-9-17-39(42)40-30-34(24-29-43(40)45)38-16-8-10-18-41(38)44(35-14-6-3-7-15-35)36-27-22-33(23-28-36)32-12-4-2-5-13-32/h2-30H,1H3. The second-order valence-electron chi connectivity index (χ2n) is 11.5. The summed E-state index contributed by atoms with van der Waals surface area (Å²) in [7, 11) is 0. The molecule has 0 aliphatic rings. The lowest BCUT2D eigenvalue weighted by atomic mass is 9.99. The van der Waals surface area contributed by atoms with Crippen molar-refractivity contribution in [1.82, 2.24) is 4.57 Å². The van der Waals surface area contributed by atoms with E-state index in [-0.39, 0.29) is 0 Å². The summed E-state index contributed by atoms with van der Waals surface area (Å²) in [5.41, 5.74) is 13.0. The maximum Gasteiger partial charge on any atom is 0.0541 e. The molecule has 0 fully saturated rings. The highest BCUT2D eigenvalue weighted by atomic mass is 15.1. The van der Waals surface area contributed by atoms with Gasteiger partial charge in [-0.1, -0.05) is 121 Å². The predicted molar refractivity (Wildman–Crippen MR) is 191 cm³/mol. The number of hydrogen-bond donors (Lipinski definition) is 0. The average molecular weight is 577 g/mol. The Kier molecular flexibility index (Phi) is 6.73. The fourth-order valence-corrected chi connectivity index (χ4v) is 6.46. The average Bonchev–Trinajstić information content (AvgIpc) is 3.44. The molecule has 2 heteroatoms. The van der Waals surface area contributed by atoms with E-state index >= 15 is 0 Å². The maximum atomic E-state index is 2.38. The van der Waals surface area contributed by atoms with Crippen LogP contribution in [0.2, 0.25) is 0 Å². The summed E-state index contributed by atoms with van der Waals surface area (Å²) in [6.45, 7) is 2.13. The fourth-order valence-electron chi connectivity index (χ4n) is 6.46. The summed E-state index contributed by atoms with van der Waals surface area (Å²) in [6, 6.07) is 63.3. The van der Waals surface area contributed by atoms with E-state index in [1.807, 2.05) is 0 Å². The first-order chi connectivity index (χ1) is 22.2. The minimum absolute atomic E-state index is 1.12. The van der Waals surface area contributed by atoms with E-state index in [1.165, 1.54) is 55.3 Å². The molecule has 1 aromatic heterocycles. The van der Waals surface area contributed by atoms with Gasteiger partial charge in [-0.15, -0.1) is 0 Å². The number of aryl methyl sites for hydroxylation is 1. The molecule has 214 valence electrons. The van der Waals surface area contributed by atoms with Crippen molar-refractivity contribution < 1.29 is 0 Å². The van der Waals surface area contributed by atoms with Gasteiger partial charge in [0.2, 0.25) is 0 Å². The molecule has 2 nitrogen and oxygen atoms in total. The van der Waals surface area contributed by atoms with E-state index in [0.29, 0.717) is 0 Å². The molecular weight excluding hydrogens is 544 g/mol. The maximum absolute atomic E-state index is 2.38. The Bertz CT molecular complexity index is 2250. The number of hydrogen-bond acceptors (Lipinski definition) is 1. The van der Waals surface area contributed by atoms with Gasteiger partial charge in [-0.3, -0.25) is 0 Å². The molecule has 0 radical (unpaired) electrons. The van der Waals surface area contributed by atoms with Crippen molar-refractivity contribution in [2.75, 3.05) is 4.90 Å². The highest BCUT2D eigenvalue weighted by Gasteiger charge is 2.19. The van der Waals surface area contributed by atoms with Gasteiger partial charge in [0.05, 0.1) is 16.7 Å². The molecule has 0 unspecified atom stereocenters. The van der Waals surface area contributed by atoms with Gasteiger partial charge in [0.25, 0.3) is 0 Å². The molecule has 0 atom stereocenters. The molecule has 8 rings (SSSR count). The Balaban J connectivity index is 1.29. The molecule has 0 amide bonds. The summed E-state index contributed by atoms with van der Waals surface area (Å²) in [6.07, 6.45) is 0. The predicted octanol–water partition coefficient (Wildman–Crippen LogP) is 11.9. The van der Waals surface area contributed by atoms with Crippen LogP contribution in [-0.2, 0) is 0 Å². The van der Waals surface area contributed by atoms with Crippen LogP contribution in [0.25, 0.3) is 49.7 Å². The highest BCUT2D eigenvalue weighted by molar-refractivity contribution is 6.11. The van der Waals surface area contributed by atoms with Gasteiger partial charge in [0.15, 0.2) is 0 Å². The first-order valence-electron chi connectivity index (χ1n) is 15.4. The zero-order valence-electron chi connectivity index (χ0n) is 25.1. The molecule has 0 saturated heterocycles. The number of rotatable bonds is 6. The van der Waals surface area contributed by atoms with Gasteiger partial charge in [0, 0.05) is 33.4 Å². The van der Waals surface area contributed by atoms with Crippen LogP contribution in [0, 0.1) is 6.92 Å². The monoisotopic (exact) mass is 576 g/mol. The van der Waals surface area contributed by atoms with E-state index in [0.717, 1.165) is 17.1 Å². The lowest BCUT2D eigenvalue weighted by Gasteiger charge is -2.28. The Morgan fingerprint density at radius 1 is 0.422 bits per heavy atom. The van der Waals surface area contributed by atoms with Crippen LogP contribution in [-0.4, -0.2) is 4.57 Å². The van der Waals surface area contributed by atoms with Crippen LogP contribution in [0.4, 0.5) is 17.1 Å². The number of aromatic nitrogens is 1. The first-order valence-corrected chi connectivity index (χ1v) is 15.4. The van der Waals surface area contributed by atoms with E-state index in [4.69, 9.17) is 0 Å². The lowest BCUT2D eigenvalue weighted by molar-refractivity contribution is 1.17. The van der Waals surface area contributed by atoms with Crippen LogP contribution in [0.15, 0.2) is 176 Å². The zero-order chi connectivity index (χ0) is 30.2. The third-order valence-corrected chi connectivity index (χ3v) is 8.67. The Hall–Kier alpha value is -5.86. The van der Waals surface area contributed by atoms with Crippen LogP contribution in [0.5, 0.6) is 0 Å². The number of anilines is 3. The van der Waals surface area contributed by atoms with Gasteiger partial charge >= 0.3 is 0 Å². The zero-order valence-corrected chi connectivity index (χ0v) is 25.1. The minimum Gasteiger partial charge on any atom is -0.310 e. The molecular formula is C43H32N2. The van der Waals surface area contributed by atoms with Crippen molar-refractivity contribution in [2.45, 2.75) is 6.92 Å². The third kappa shape index (κ3) is 4.87. The van der Waals surface area contributed by atoms with Crippen LogP contribution in [0.3, 0.4) is 0 Å². The molecule has 1 heterocycles. The Labute approximate surface area is 264 Å². The Morgan fingerprint density at radius 2 is 1.00 bits per heavy atom. The summed E-state index contributed by atoms with van der Waals surface area (Å²) in [4.78, 5) is 2.36. The third-order valence-electron chi connectivity index (χ3n) is 8.67. The Morgan fingerprint density at radius 3 is 1.78 bits per heavy atom. The van der Waals surface area contributed by atoms with Gasteiger partial charge in [-0.2, -0.15) is 0 Å². The topological polar surface area (TPSA) is 8.17 Å². The number of benzene rings is 7. The quantitative estimate of drug-likeness (QED) is 0.191. The molecule has 7 aromatic carbocycles. The van der Waals surface area contributed by atoms with Crippen molar-refractivity contribution in [2.24, 2.45) is 0 Å². The first kappa shape index (κ1) is 26.7. The summed E-state index contributed by atoms with van der Waals surface area (Å²) >= 11 is 0. The van der Waals surface area contributed by atoms with Crippen molar-refractivity contribution in [3.05, 3.63) is 181 Å². The second-order valence-corrected chi connectivity index (χ2v) is 11.5. The molecule has 0 spiro atoms. The van der Waals surface area contributed by atoms with Gasteiger partial charge in [-0.05, 0) is 84.3 Å². The van der Waals surface area contributed by atoms with Crippen molar-refractivity contribution in [3.63, 3.8) is 0 Å². The van der Waals surface area contributed by atoms with Crippen molar-refractivity contribution in [1.29, 1.82) is 0 Å². The van der Waals surface area contributed by atoms with Gasteiger partial charge < -0.3 is 9.47 Å². The molecule has 0 saturated carbocycles. The smallest absolute Gasteiger partial charge is 0.0541 e. The largest absolute Gasteiger partial charge is 0.310 e. The van der Waals surface area contributed by atoms with Crippen molar-refractivity contribution in [3.8, 4) is 27.9 Å². The molecule has 45 heavy (non-hydrogen) atoms. The second kappa shape index (κ2) is 11.3. The van der Waals surface area contributed by atoms with E-state index < -0.39 is 0 Å². The molecule has 0 N–H and O–H groups in total. The lowest BCUT2D eigenvalue weighted by Crippen LogP contribution is -2.11. The SMILES string of the molecule is Cc1ccc(-n2c3ccccc3c3cc(-c4ccccc4N(c4ccccc4)c4ccc(-c5ccccc5)cc4)ccc32)cc1. The van der Waals surface area contributed by atoms with Gasteiger partial charge in [-0.25, -0.2) is 0 Å². The summed E-state index contributed by atoms with van der Waals surface area (Å²) in [5, 5.41) is 2.50. The molecule has 8 aromatic rings. The number of nitrogens with zero attached hydrogens (tertiary/aromatic N) is 2. The number of fused-ring (bicyclic) bond motifs is 3. The molecule has 0 bridgehead atoms. The highest BCUT2D eigenvalue weighted by Crippen LogP contribution is 2.43. The van der Waals surface area contributed by atoms with E-state index in [9.17, 15) is 0 Å². The van der Waals surface area contributed by atoms with Gasteiger partial charge in [0.1, 0.15) is 0 Å². The van der Waals surface area contributed by atoms with Crippen LogP contribution in [0.1, 0.15) is 5.56 Å².